The summed E-state index contributed by atoms with van der Waals surface area (Å²) in [7, 11) is 0. The lowest BCUT2D eigenvalue weighted by Crippen LogP contribution is -2.43. The van der Waals surface area contributed by atoms with Crippen LogP contribution in [-0.4, -0.2) is 0 Å². The van der Waals surface area contributed by atoms with Crippen molar-refractivity contribution in [3.05, 3.63) is 28.0 Å². The molecule has 0 saturated heterocycles. The van der Waals surface area contributed by atoms with E-state index in [-0.39, 0.29) is 5.54 Å². The predicted molar refractivity (Wildman–Crippen MR) is 63.2 cm³/mol. The van der Waals surface area contributed by atoms with Crippen LogP contribution in [0, 0.1) is 11.8 Å². The normalized spacial score (nSPS) is 30.8. The summed E-state index contributed by atoms with van der Waals surface area (Å²) in [5.74, 6) is 1.05. The Bertz CT molecular complexity index is 360. The molecule has 1 heterocycles. The molecule has 2 heteroatoms. The second kappa shape index (κ2) is 3.21. The molecule has 0 fully saturated rings. The molecule has 1 aliphatic carbocycles. The zero-order valence-corrected chi connectivity index (χ0v) is 9.77. The quantitative estimate of drug-likeness (QED) is 0.752. The van der Waals surface area contributed by atoms with Crippen molar-refractivity contribution in [2.45, 2.75) is 26.3 Å². The van der Waals surface area contributed by atoms with Gasteiger partial charge in [-0.05, 0) is 29.9 Å². The number of rotatable bonds is 1. The molecule has 76 valence electrons. The van der Waals surface area contributed by atoms with Crippen LogP contribution in [0.4, 0.5) is 0 Å². The number of fused-ring (bicyclic) bond motifs is 1. The Balaban J connectivity index is 2.48. The average Bonchev–Trinajstić information content (AvgIpc) is 2.51. The Hall–Kier alpha value is -0.600. The van der Waals surface area contributed by atoms with Crippen molar-refractivity contribution in [2.24, 2.45) is 17.6 Å². The Kier molecular flexibility index (Phi) is 2.28. The molecule has 1 aromatic heterocycles. The molecule has 0 aromatic carbocycles. The Morgan fingerprint density at radius 2 is 2.21 bits per heavy atom. The summed E-state index contributed by atoms with van der Waals surface area (Å²) < 4.78 is 0. The fraction of sp³-hybridized carbons (Fsp3) is 0.500. The van der Waals surface area contributed by atoms with Gasteiger partial charge in [-0.2, -0.15) is 0 Å². The van der Waals surface area contributed by atoms with Crippen molar-refractivity contribution in [1.29, 1.82) is 0 Å². The lowest BCUT2D eigenvalue weighted by atomic mass is 9.74. The average molecular weight is 207 g/mol. The highest BCUT2D eigenvalue weighted by atomic mass is 32.1. The van der Waals surface area contributed by atoms with Gasteiger partial charge in [-0.3, -0.25) is 0 Å². The molecule has 0 saturated carbocycles. The highest BCUT2D eigenvalue weighted by Gasteiger charge is 2.36. The summed E-state index contributed by atoms with van der Waals surface area (Å²) >= 11 is 1.78. The third-order valence-corrected chi connectivity index (χ3v) is 4.26. The number of hydrogen-bond acceptors (Lipinski definition) is 2. The minimum Gasteiger partial charge on any atom is -0.320 e. The van der Waals surface area contributed by atoms with Crippen molar-refractivity contribution >= 4 is 17.4 Å². The van der Waals surface area contributed by atoms with Crippen molar-refractivity contribution in [3.63, 3.8) is 0 Å². The van der Waals surface area contributed by atoms with E-state index in [4.69, 9.17) is 5.73 Å². The zero-order valence-electron chi connectivity index (χ0n) is 8.95. The maximum atomic E-state index is 6.44. The summed E-state index contributed by atoms with van der Waals surface area (Å²) in [6.07, 6.45) is 4.48. The smallest absolute Gasteiger partial charge is 0.0547 e. The van der Waals surface area contributed by atoms with E-state index in [1.54, 1.807) is 11.3 Å². The standard InChI is InChI=1S/C12H17NS/c1-8(2)10-5-4-9-6-7-14-11(9)12(10,3)13/h4-8,10H,13H2,1-3H3. The van der Waals surface area contributed by atoms with E-state index in [0.717, 1.165) is 0 Å². The maximum Gasteiger partial charge on any atom is 0.0547 e. The van der Waals surface area contributed by atoms with Gasteiger partial charge in [0.1, 0.15) is 0 Å². The van der Waals surface area contributed by atoms with Crippen LogP contribution in [0.1, 0.15) is 31.2 Å². The zero-order chi connectivity index (χ0) is 10.3. The first-order chi connectivity index (χ1) is 6.53. The summed E-state index contributed by atoms with van der Waals surface area (Å²) in [4.78, 5) is 1.33. The lowest BCUT2D eigenvalue weighted by Gasteiger charge is -2.37. The van der Waals surface area contributed by atoms with Gasteiger partial charge < -0.3 is 5.73 Å². The van der Waals surface area contributed by atoms with Gasteiger partial charge in [0.25, 0.3) is 0 Å². The second-order valence-electron chi connectivity index (χ2n) is 4.62. The van der Waals surface area contributed by atoms with Gasteiger partial charge in [0.2, 0.25) is 0 Å². The molecule has 1 aromatic rings. The summed E-state index contributed by atoms with van der Waals surface area (Å²) in [6.45, 7) is 6.62. The molecule has 0 aliphatic heterocycles. The van der Waals surface area contributed by atoms with Crippen LogP contribution in [0.15, 0.2) is 17.5 Å². The first kappa shape index (κ1) is 9.94. The Morgan fingerprint density at radius 1 is 1.50 bits per heavy atom. The summed E-state index contributed by atoms with van der Waals surface area (Å²) in [6, 6.07) is 2.15. The highest BCUT2D eigenvalue weighted by molar-refractivity contribution is 7.10. The molecule has 0 radical (unpaired) electrons. The first-order valence-electron chi connectivity index (χ1n) is 5.08. The van der Waals surface area contributed by atoms with Crippen molar-refractivity contribution in [1.82, 2.24) is 0 Å². The van der Waals surface area contributed by atoms with Gasteiger partial charge in [-0.1, -0.05) is 26.0 Å². The fourth-order valence-corrected chi connectivity index (χ4v) is 3.37. The molecule has 14 heavy (non-hydrogen) atoms. The van der Waals surface area contributed by atoms with Crippen LogP contribution < -0.4 is 5.73 Å². The SMILES string of the molecule is CC(C)C1C=Cc2ccsc2C1(C)N. The number of hydrogen-bond donors (Lipinski definition) is 1. The summed E-state index contributed by atoms with van der Waals surface area (Å²) in [5, 5.41) is 2.13. The van der Waals surface area contributed by atoms with Crippen LogP contribution in [0.3, 0.4) is 0 Å². The second-order valence-corrected chi connectivity index (χ2v) is 5.53. The predicted octanol–water partition coefficient (Wildman–Crippen LogP) is 3.22. The molecule has 0 bridgehead atoms. The molecular weight excluding hydrogens is 190 g/mol. The lowest BCUT2D eigenvalue weighted by molar-refractivity contribution is 0.286. The highest BCUT2D eigenvalue weighted by Crippen LogP contribution is 2.41. The van der Waals surface area contributed by atoms with E-state index in [1.165, 1.54) is 10.4 Å². The van der Waals surface area contributed by atoms with E-state index in [0.29, 0.717) is 11.8 Å². The van der Waals surface area contributed by atoms with Gasteiger partial charge in [-0.25, -0.2) is 0 Å². The molecule has 1 nitrogen and oxygen atoms in total. The van der Waals surface area contributed by atoms with Gasteiger partial charge in [0.05, 0.1) is 5.54 Å². The Morgan fingerprint density at radius 3 is 2.86 bits per heavy atom. The van der Waals surface area contributed by atoms with Gasteiger partial charge in [0.15, 0.2) is 0 Å². The van der Waals surface area contributed by atoms with Gasteiger partial charge in [0, 0.05) is 10.8 Å². The molecule has 1 aliphatic rings. The third-order valence-electron chi connectivity index (χ3n) is 3.08. The van der Waals surface area contributed by atoms with Crippen molar-refractivity contribution < 1.29 is 0 Å². The monoisotopic (exact) mass is 207 g/mol. The van der Waals surface area contributed by atoms with Gasteiger partial charge in [-0.15, -0.1) is 11.3 Å². The van der Waals surface area contributed by atoms with Crippen LogP contribution in [0.5, 0.6) is 0 Å². The Labute approximate surface area is 89.6 Å². The minimum atomic E-state index is -0.188. The van der Waals surface area contributed by atoms with Crippen molar-refractivity contribution in [3.8, 4) is 0 Å². The minimum absolute atomic E-state index is 0.188. The molecule has 2 atom stereocenters. The van der Waals surface area contributed by atoms with Crippen LogP contribution in [0.2, 0.25) is 0 Å². The van der Waals surface area contributed by atoms with E-state index in [2.05, 4.69) is 44.4 Å². The first-order valence-corrected chi connectivity index (χ1v) is 5.96. The fourth-order valence-electron chi connectivity index (χ4n) is 2.36. The number of thiophene rings is 1. The summed E-state index contributed by atoms with van der Waals surface area (Å²) in [5.41, 5.74) is 7.55. The number of nitrogens with two attached hydrogens (primary N) is 1. The molecular formula is C12H17NS. The molecule has 2 unspecified atom stereocenters. The van der Waals surface area contributed by atoms with Crippen LogP contribution in [-0.2, 0) is 5.54 Å². The maximum absolute atomic E-state index is 6.44. The van der Waals surface area contributed by atoms with Gasteiger partial charge >= 0.3 is 0 Å². The topological polar surface area (TPSA) is 26.0 Å². The largest absolute Gasteiger partial charge is 0.320 e. The molecule has 0 amide bonds. The van der Waals surface area contributed by atoms with Crippen LogP contribution in [0.25, 0.3) is 6.08 Å². The molecule has 2 rings (SSSR count). The van der Waals surface area contributed by atoms with Crippen molar-refractivity contribution in [2.75, 3.05) is 0 Å². The third kappa shape index (κ3) is 1.33. The van der Waals surface area contributed by atoms with Crippen LogP contribution >= 0.6 is 11.3 Å². The van der Waals surface area contributed by atoms with E-state index in [9.17, 15) is 0 Å². The van der Waals surface area contributed by atoms with E-state index < -0.39 is 0 Å². The molecule has 2 N–H and O–H groups in total. The molecule has 0 spiro atoms. The van der Waals surface area contributed by atoms with E-state index >= 15 is 0 Å². The van der Waals surface area contributed by atoms with E-state index in [1.807, 2.05) is 0 Å².